The summed E-state index contributed by atoms with van der Waals surface area (Å²) >= 11 is 5.94. The number of nitrogens with one attached hydrogen (secondary N) is 1. The van der Waals surface area contributed by atoms with E-state index in [2.05, 4.69) is 10.3 Å². The van der Waals surface area contributed by atoms with Gasteiger partial charge in [0.15, 0.2) is 0 Å². The van der Waals surface area contributed by atoms with Crippen LogP contribution < -0.4 is 10.2 Å². The van der Waals surface area contributed by atoms with Gasteiger partial charge in [0.1, 0.15) is 5.82 Å². The number of alkyl halides is 3. The monoisotopic (exact) mass is 422 g/mol. The lowest BCUT2D eigenvalue weighted by atomic mass is 10.2. The minimum absolute atomic E-state index is 0. The highest BCUT2D eigenvalue weighted by molar-refractivity contribution is 6.33. The van der Waals surface area contributed by atoms with Gasteiger partial charge in [-0.3, -0.25) is 4.79 Å². The molecule has 0 atom stereocenters. The van der Waals surface area contributed by atoms with Crippen LogP contribution in [0.15, 0.2) is 12.3 Å². The van der Waals surface area contributed by atoms with Crippen molar-refractivity contribution < 1.29 is 18.0 Å². The number of pyridine rings is 1. The molecular weight excluding hydrogens is 404 g/mol. The van der Waals surface area contributed by atoms with Gasteiger partial charge in [0, 0.05) is 45.3 Å². The number of aromatic nitrogens is 1. The average Bonchev–Trinajstić information content (AvgIpc) is 2.52. The van der Waals surface area contributed by atoms with Crippen LogP contribution in [0.3, 0.4) is 0 Å². The third kappa shape index (κ3) is 6.36. The minimum atomic E-state index is -4.46. The summed E-state index contributed by atoms with van der Waals surface area (Å²) < 4.78 is 37.9. The molecule has 5 nitrogen and oxygen atoms in total. The van der Waals surface area contributed by atoms with Crippen molar-refractivity contribution in [3.8, 4) is 0 Å². The first-order chi connectivity index (χ1) is 10.8. The molecule has 0 aliphatic carbocycles. The highest BCUT2D eigenvalue weighted by Crippen LogP contribution is 2.33. The van der Waals surface area contributed by atoms with Crippen LogP contribution in [0.2, 0.25) is 5.02 Å². The van der Waals surface area contributed by atoms with E-state index in [0.29, 0.717) is 45.0 Å². The van der Waals surface area contributed by atoms with E-state index in [4.69, 9.17) is 11.6 Å². The molecule has 0 bridgehead atoms. The number of anilines is 1. The van der Waals surface area contributed by atoms with Gasteiger partial charge >= 0.3 is 6.18 Å². The molecule has 0 saturated carbocycles. The quantitative estimate of drug-likeness (QED) is 0.809. The maximum atomic E-state index is 12.6. The molecule has 0 aromatic carbocycles. The summed E-state index contributed by atoms with van der Waals surface area (Å²) in [6.07, 6.45) is -3.25. The van der Waals surface area contributed by atoms with Crippen LogP contribution in [0, 0.1) is 0 Å². The van der Waals surface area contributed by atoms with E-state index < -0.39 is 11.7 Å². The molecule has 0 spiro atoms. The summed E-state index contributed by atoms with van der Waals surface area (Å²) in [5.41, 5.74) is -0.868. The van der Waals surface area contributed by atoms with Gasteiger partial charge in [-0.15, -0.1) is 24.8 Å². The first kappa shape index (κ1) is 24.0. The third-order valence-corrected chi connectivity index (χ3v) is 3.95. The number of nitrogens with zero attached hydrogens (tertiary/aromatic N) is 3. The molecule has 2 rings (SSSR count). The van der Waals surface area contributed by atoms with Crippen molar-refractivity contribution in [1.29, 1.82) is 0 Å². The highest BCUT2D eigenvalue weighted by Gasteiger charge is 2.32. The number of rotatable bonds is 4. The van der Waals surface area contributed by atoms with Crippen molar-refractivity contribution in [3.05, 3.63) is 22.8 Å². The number of hydrogen-bond acceptors (Lipinski definition) is 4. The number of piperazine rings is 1. The zero-order valence-electron chi connectivity index (χ0n) is 13.5. The molecule has 1 N–H and O–H groups in total. The van der Waals surface area contributed by atoms with Gasteiger partial charge in [-0.25, -0.2) is 4.98 Å². The minimum Gasteiger partial charge on any atom is -0.352 e. The van der Waals surface area contributed by atoms with Crippen molar-refractivity contribution >= 4 is 48.1 Å². The standard InChI is InChI=1S/C14H18ClF3N4O.2ClH/c1-19-3-2-12(23)21-4-6-22(7-5-21)13-11(15)8-10(9-20-13)14(16,17)18;;/h8-9,19H,2-7H2,1H3;2*1H. The van der Waals surface area contributed by atoms with E-state index in [1.54, 1.807) is 16.8 Å². The number of halogens is 6. The van der Waals surface area contributed by atoms with Crippen molar-refractivity contribution in [2.75, 3.05) is 44.7 Å². The Bertz CT molecular complexity index is 567. The van der Waals surface area contributed by atoms with Crippen LogP contribution in [0.5, 0.6) is 0 Å². The highest BCUT2D eigenvalue weighted by atomic mass is 35.5. The van der Waals surface area contributed by atoms with E-state index in [-0.39, 0.29) is 35.7 Å². The first-order valence-electron chi connectivity index (χ1n) is 7.23. The Morgan fingerprint density at radius 2 is 1.88 bits per heavy atom. The van der Waals surface area contributed by atoms with Crippen LogP contribution in [0.4, 0.5) is 19.0 Å². The smallest absolute Gasteiger partial charge is 0.352 e. The van der Waals surface area contributed by atoms with Crippen LogP contribution in [-0.2, 0) is 11.0 Å². The Balaban J connectivity index is 0.00000288. The maximum absolute atomic E-state index is 12.6. The molecule has 2 heterocycles. The fourth-order valence-corrected chi connectivity index (χ4v) is 2.66. The molecule has 1 amide bonds. The van der Waals surface area contributed by atoms with Gasteiger partial charge in [-0.1, -0.05) is 11.6 Å². The van der Waals surface area contributed by atoms with Gasteiger partial charge in [0.25, 0.3) is 0 Å². The Hall–Kier alpha value is -0.960. The lowest BCUT2D eigenvalue weighted by molar-refractivity contribution is -0.137. The van der Waals surface area contributed by atoms with Crippen molar-refractivity contribution in [2.24, 2.45) is 0 Å². The van der Waals surface area contributed by atoms with Gasteiger partial charge in [0.2, 0.25) is 5.91 Å². The Kier molecular flexibility index (Phi) is 9.86. The van der Waals surface area contributed by atoms with Crippen molar-refractivity contribution in [2.45, 2.75) is 12.6 Å². The molecule has 11 heteroatoms. The van der Waals surface area contributed by atoms with Crippen LogP contribution in [0.25, 0.3) is 0 Å². The lowest BCUT2D eigenvalue weighted by Crippen LogP contribution is -2.49. The van der Waals surface area contributed by atoms with E-state index in [1.807, 2.05) is 0 Å². The lowest BCUT2D eigenvalue weighted by Gasteiger charge is -2.35. The van der Waals surface area contributed by atoms with Gasteiger partial charge in [-0.2, -0.15) is 13.2 Å². The summed E-state index contributed by atoms with van der Waals surface area (Å²) in [5.74, 6) is 0.382. The summed E-state index contributed by atoms with van der Waals surface area (Å²) in [7, 11) is 1.78. The molecule has 0 radical (unpaired) electrons. The number of amides is 1. The van der Waals surface area contributed by atoms with Crippen LogP contribution in [-0.4, -0.2) is 55.6 Å². The molecule has 1 aromatic heterocycles. The summed E-state index contributed by atoms with van der Waals surface area (Å²) in [6, 6.07) is 0.883. The number of hydrogen-bond donors (Lipinski definition) is 1. The summed E-state index contributed by atoms with van der Waals surface area (Å²) in [6.45, 7) is 2.60. The van der Waals surface area contributed by atoms with E-state index >= 15 is 0 Å². The second kappa shape index (κ2) is 10.3. The SMILES string of the molecule is CNCCC(=O)N1CCN(c2ncc(C(F)(F)F)cc2Cl)CC1.Cl.Cl. The zero-order valence-corrected chi connectivity index (χ0v) is 15.9. The molecule has 25 heavy (non-hydrogen) atoms. The van der Waals surface area contributed by atoms with Crippen molar-refractivity contribution in [1.82, 2.24) is 15.2 Å². The number of carbonyl (C=O) groups excluding carboxylic acids is 1. The number of carbonyl (C=O) groups is 1. The van der Waals surface area contributed by atoms with Gasteiger partial charge in [0.05, 0.1) is 10.6 Å². The maximum Gasteiger partial charge on any atom is 0.417 e. The molecule has 1 aromatic rings. The molecule has 1 aliphatic heterocycles. The third-order valence-electron chi connectivity index (χ3n) is 3.67. The largest absolute Gasteiger partial charge is 0.417 e. The summed E-state index contributed by atoms with van der Waals surface area (Å²) in [4.78, 5) is 19.3. The molecule has 1 fully saturated rings. The van der Waals surface area contributed by atoms with E-state index in [9.17, 15) is 18.0 Å². The topological polar surface area (TPSA) is 48.5 Å². The van der Waals surface area contributed by atoms with Crippen molar-refractivity contribution in [3.63, 3.8) is 0 Å². The van der Waals surface area contributed by atoms with Gasteiger partial charge < -0.3 is 15.1 Å². The Morgan fingerprint density at radius 3 is 2.36 bits per heavy atom. The fourth-order valence-electron chi connectivity index (χ4n) is 2.38. The van der Waals surface area contributed by atoms with E-state index in [0.717, 1.165) is 12.3 Å². The van der Waals surface area contributed by atoms with Gasteiger partial charge in [-0.05, 0) is 13.1 Å². The Morgan fingerprint density at radius 1 is 1.28 bits per heavy atom. The molecule has 1 saturated heterocycles. The molecule has 0 unspecified atom stereocenters. The van der Waals surface area contributed by atoms with E-state index in [1.165, 1.54) is 0 Å². The second-order valence-electron chi connectivity index (χ2n) is 5.25. The molecule has 1 aliphatic rings. The predicted octanol–water partition coefficient (Wildman–Crippen LogP) is 2.86. The Labute approximate surface area is 161 Å². The molecule has 144 valence electrons. The summed E-state index contributed by atoms with van der Waals surface area (Å²) in [5, 5.41) is 2.89. The first-order valence-corrected chi connectivity index (χ1v) is 7.61. The average molecular weight is 424 g/mol. The fraction of sp³-hybridized carbons (Fsp3) is 0.571. The molecular formula is C14H20Cl3F3N4O. The zero-order chi connectivity index (χ0) is 17.0. The van der Waals surface area contributed by atoms with Crippen LogP contribution in [0.1, 0.15) is 12.0 Å². The van der Waals surface area contributed by atoms with Crippen LogP contribution >= 0.6 is 36.4 Å². The second-order valence-corrected chi connectivity index (χ2v) is 5.66. The predicted molar refractivity (Wildman–Crippen MR) is 96.1 cm³/mol. The normalized spacial score (nSPS) is 14.6.